The second-order valence-corrected chi connectivity index (χ2v) is 7.60. The normalized spacial score (nSPS) is 11.9. The zero-order chi connectivity index (χ0) is 21.5. The van der Waals surface area contributed by atoms with E-state index in [1.54, 1.807) is 48.5 Å². The zero-order valence-electron chi connectivity index (χ0n) is 16.1. The average Bonchev–Trinajstić information content (AvgIpc) is 3.06. The molecule has 5 nitrogen and oxygen atoms in total. The highest BCUT2D eigenvalue weighted by atomic mass is 35.5. The van der Waals surface area contributed by atoms with Gasteiger partial charge in [-0.2, -0.15) is 0 Å². The van der Waals surface area contributed by atoms with Crippen LogP contribution in [0.15, 0.2) is 47.3 Å². The fourth-order valence-corrected chi connectivity index (χ4v) is 3.63. The van der Waals surface area contributed by atoms with Gasteiger partial charge in [0.15, 0.2) is 17.3 Å². The van der Waals surface area contributed by atoms with Crippen LogP contribution in [-0.2, 0) is 0 Å². The standard InChI is InChI=1S/C23H18ClNO4S/c1-3-11-29-19-10-5-15(12-20(19)28-4-2)13-21-23(27)25-22(30-21)14-18(26)16-6-8-17(24)9-7-16/h1,5-10,12-14H,4,11H2,2H3,(H,25,27)/b21-13-,22-14-. The van der Waals surface area contributed by atoms with E-state index >= 15 is 0 Å². The Hall–Kier alpha value is -3.27. The highest BCUT2D eigenvalue weighted by Crippen LogP contribution is 2.28. The summed E-state index contributed by atoms with van der Waals surface area (Å²) in [5.74, 6) is 3.27. The number of nitrogens with one attached hydrogen (secondary N) is 1. The third-order valence-corrected chi connectivity index (χ3v) is 5.16. The van der Waals surface area contributed by atoms with E-state index in [1.165, 1.54) is 17.4 Å². The van der Waals surface area contributed by atoms with Crippen LogP contribution in [0.3, 0.4) is 0 Å². The Morgan fingerprint density at radius 1 is 1.20 bits per heavy atom. The smallest absolute Gasteiger partial charge is 0.266 e. The first kappa shape index (κ1) is 21.4. The predicted molar refractivity (Wildman–Crippen MR) is 120 cm³/mol. The maximum Gasteiger partial charge on any atom is 0.266 e. The molecular formula is C23H18ClNO4S. The zero-order valence-corrected chi connectivity index (χ0v) is 17.7. The minimum atomic E-state index is -0.277. The molecule has 0 spiro atoms. The molecular weight excluding hydrogens is 422 g/mol. The largest absolute Gasteiger partial charge is 0.490 e. The Morgan fingerprint density at radius 2 is 1.97 bits per heavy atom. The first-order valence-corrected chi connectivity index (χ1v) is 10.2. The molecule has 7 heteroatoms. The van der Waals surface area contributed by atoms with Gasteiger partial charge in [-0.1, -0.05) is 23.6 Å². The summed E-state index contributed by atoms with van der Waals surface area (Å²) in [6.07, 6.45) is 8.36. The fraction of sp³-hybridized carbons (Fsp3) is 0.130. The molecule has 2 aromatic carbocycles. The van der Waals surface area contributed by atoms with E-state index in [2.05, 4.69) is 10.9 Å². The molecule has 0 aliphatic carbocycles. The van der Waals surface area contributed by atoms with E-state index in [1.807, 2.05) is 6.92 Å². The molecule has 30 heavy (non-hydrogen) atoms. The molecule has 3 rings (SSSR count). The van der Waals surface area contributed by atoms with Crippen LogP contribution in [0, 0.1) is 12.3 Å². The summed E-state index contributed by atoms with van der Waals surface area (Å²) in [6.45, 7) is 2.46. The summed E-state index contributed by atoms with van der Waals surface area (Å²) in [5, 5.41) is 0.551. The average molecular weight is 440 g/mol. The summed E-state index contributed by atoms with van der Waals surface area (Å²) in [7, 11) is 0. The van der Waals surface area contributed by atoms with Gasteiger partial charge in [-0.3, -0.25) is 9.59 Å². The SMILES string of the molecule is C#CCOc1ccc(/C=c2\s/c(=C\C(=O)c3ccc(Cl)cc3)[nH]c2=O)cc1OCC. The van der Waals surface area contributed by atoms with Crippen molar-refractivity contribution in [3.05, 3.63) is 78.2 Å². The molecule has 0 unspecified atom stereocenters. The Balaban J connectivity index is 1.93. The number of thiazole rings is 1. The number of ether oxygens (including phenoxy) is 2. The molecule has 1 aromatic heterocycles. The van der Waals surface area contributed by atoms with Crippen LogP contribution in [0.2, 0.25) is 5.02 Å². The predicted octanol–water partition coefficient (Wildman–Crippen LogP) is 2.99. The van der Waals surface area contributed by atoms with Crippen LogP contribution in [0.25, 0.3) is 12.2 Å². The topological polar surface area (TPSA) is 68.4 Å². The maximum atomic E-state index is 12.4. The van der Waals surface area contributed by atoms with Gasteiger partial charge in [-0.05, 0) is 55.0 Å². The minimum absolute atomic E-state index is 0.134. The number of H-pyrrole nitrogens is 1. The Bertz CT molecular complexity index is 1270. The molecule has 0 aliphatic heterocycles. The van der Waals surface area contributed by atoms with Crippen LogP contribution in [0.5, 0.6) is 11.5 Å². The number of ketones is 1. The van der Waals surface area contributed by atoms with Gasteiger partial charge in [0.25, 0.3) is 5.56 Å². The Morgan fingerprint density at radius 3 is 2.67 bits per heavy atom. The van der Waals surface area contributed by atoms with Crippen LogP contribution >= 0.6 is 22.9 Å². The van der Waals surface area contributed by atoms with Gasteiger partial charge >= 0.3 is 0 Å². The molecule has 1 N–H and O–H groups in total. The lowest BCUT2D eigenvalue weighted by Gasteiger charge is -2.10. The first-order chi connectivity index (χ1) is 14.5. The number of carbonyl (C=O) groups is 1. The van der Waals surface area contributed by atoms with Gasteiger partial charge in [0.2, 0.25) is 0 Å². The van der Waals surface area contributed by atoms with E-state index in [4.69, 9.17) is 27.5 Å². The van der Waals surface area contributed by atoms with Gasteiger partial charge in [0, 0.05) is 16.7 Å². The number of benzene rings is 2. The van der Waals surface area contributed by atoms with E-state index in [0.717, 1.165) is 5.56 Å². The lowest BCUT2D eigenvalue weighted by atomic mass is 10.1. The minimum Gasteiger partial charge on any atom is -0.490 e. The van der Waals surface area contributed by atoms with E-state index in [-0.39, 0.29) is 17.9 Å². The lowest BCUT2D eigenvalue weighted by Crippen LogP contribution is -2.20. The second-order valence-electron chi connectivity index (χ2n) is 6.08. The number of hydrogen-bond acceptors (Lipinski definition) is 5. The van der Waals surface area contributed by atoms with Crippen molar-refractivity contribution < 1.29 is 14.3 Å². The molecule has 0 bridgehead atoms. The molecule has 0 fully saturated rings. The van der Waals surface area contributed by atoms with Gasteiger partial charge in [-0.25, -0.2) is 0 Å². The van der Waals surface area contributed by atoms with Crippen molar-refractivity contribution in [3.63, 3.8) is 0 Å². The molecule has 152 valence electrons. The summed E-state index contributed by atoms with van der Waals surface area (Å²) >= 11 is 7.04. The monoisotopic (exact) mass is 439 g/mol. The number of hydrogen-bond donors (Lipinski definition) is 1. The molecule has 0 amide bonds. The van der Waals surface area contributed by atoms with Crippen LogP contribution in [-0.4, -0.2) is 24.0 Å². The maximum absolute atomic E-state index is 12.4. The molecule has 0 saturated carbocycles. The number of carbonyl (C=O) groups excluding carboxylic acids is 1. The molecule has 3 aromatic rings. The van der Waals surface area contributed by atoms with Gasteiger partial charge in [-0.15, -0.1) is 17.8 Å². The van der Waals surface area contributed by atoms with Crippen molar-refractivity contribution in [2.45, 2.75) is 6.92 Å². The third-order valence-electron chi connectivity index (χ3n) is 3.95. The third kappa shape index (κ3) is 5.41. The highest BCUT2D eigenvalue weighted by molar-refractivity contribution is 7.07. The van der Waals surface area contributed by atoms with Gasteiger partial charge in [0.1, 0.15) is 6.61 Å². The van der Waals surface area contributed by atoms with E-state index in [9.17, 15) is 9.59 Å². The molecule has 0 radical (unpaired) electrons. The molecule has 0 aliphatic rings. The molecule has 0 saturated heterocycles. The fourth-order valence-electron chi connectivity index (χ4n) is 2.61. The van der Waals surface area contributed by atoms with Crippen molar-refractivity contribution in [3.8, 4) is 23.8 Å². The Kier molecular flexibility index (Phi) is 7.12. The first-order valence-electron chi connectivity index (χ1n) is 9.05. The quantitative estimate of drug-likeness (QED) is 0.454. The number of aromatic amines is 1. The number of halogens is 1. The summed E-state index contributed by atoms with van der Waals surface area (Å²) in [5.41, 5.74) is 0.971. The van der Waals surface area contributed by atoms with Crippen LogP contribution < -0.4 is 24.2 Å². The van der Waals surface area contributed by atoms with Crippen molar-refractivity contribution in [2.75, 3.05) is 13.2 Å². The summed E-state index contributed by atoms with van der Waals surface area (Å²) in [6, 6.07) is 11.9. The van der Waals surface area contributed by atoms with Crippen molar-refractivity contribution in [1.82, 2.24) is 4.98 Å². The van der Waals surface area contributed by atoms with Gasteiger partial charge in [0.05, 0.1) is 15.8 Å². The molecule has 1 heterocycles. The van der Waals surface area contributed by atoms with Crippen molar-refractivity contribution in [2.24, 2.45) is 0 Å². The second kappa shape index (κ2) is 9.97. The van der Waals surface area contributed by atoms with Crippen molar-refractivity contribution in [1.29, 1.82) is 0 Å². The summed E-state index contributed by atoms with van der Waals surface area (Å²) in [4.78, 5) is 27.4. The molecule has 0 atom stereocenters. The van der Waals surface area contributed by atoms with Crippen LogP contribution in [0.1, 0.15) is 22.8 Å². The van der Waals surface area contributed by atoms with E-state index in [0.29, 0.717) is 37.9 Å². The lowest BCUT2D eigenvalue weighted by molar-refractivity contribution is 0.106. The van der Waals surface area contributed by atoms with Crippen molar-refractivity contribution >= 4 is 40.9 Å². The van der Waals surface area contributed by atoms with Gasteiger partial charge < -0.3 is 14.5 Å². The number of Topliss-reactive ketones (excluding diaryl/α,β-unsaturated/α-hetero) is 1. The van der Waals surface area contributed by atoms with E-state index < -0.39 is 0 Å². The Labute approximate surface area is 182 Å². The number of aromatic nitrogens is 1. The summed E-state index contributed by atoms with van der Waals surface area (Å²) < 4.78 is 12.0. The highest BCUT2D eigenvalue weighted by Gasteiger charge is 2.07. The number of rotatable bonds is 7. The van der Waals surface area contributed by atoms with Crippen LogP contribution in [0.4, 0.5) is 0 Å². The number of terminal acetylenes is 1.